The van der Waals surface area contributed by atoms with Crippen LogP contribution in [0.15, 0.2) is 12.2 Å². The van der Waals surface area contributed by atoms with E-state index >= 15 is 0 Å². The lowest BCUT2D eigenvalue weighted by atomic mass is 10.2. The predicted molar refractivity (Wildman–Crippen MR) is 59.9 cm³/mol. The van der Waals surface area contributed by atoms with E-state index in [2.05, 4.69) is 5.32 Å². The number of nitro groups is 1. The zero-order chi connectivity index (χ0) is 12.6. The van der Waals surface area contributed by atoms with Crippen molar-refractivity contribution in [2.24, 2.45) is 0 Å². The maximum Gasteiger partial charge on any atom is 0.407 e. The van der Waals surface area contributed by atoms with Gasteiger partial charge in [-0.1, -0.05) is 6.08 Å². The van der Waals surface area contributed by atoms with Gasteiger partial charge in [-0.15, -0.1) is 0 Å². The molecule has 0 bridgehead atoms. The summed E-state index contributed by atoms with van der Waals surface area (Å²) < 4.78 is 5.00. The van der Waals surface area contributed by atoms with Gasteiger partial charge in [-0.3, -0.25) is 10.1 Å². The van der Waals surface area contributed by atoms with Crippen molar-refractivity contribution >= 4 is 6.09 Å². The van der Waals surface area contributed by atoms with Gasteiger partial charge in [0.05, 0.1) is 0 Å². The number of nitrogens with one attached hydrogen (secondary N) is 1. The van der Waals surface area contributed by atoms with Crippen LogP contribution in [0.4, 0.5) is 4.79 Å². The van der Waals surface area contributed by atoms with E-state index in [9.17, 15) is 14.9 Å². The number of carbonyl (C=O) groups is 1. The van der Waals surface area contributed by atoms with Gasteiger partial charge in [-0.25, -0.2) is 4.79 Å². The number of rotatable bonds is 5. The highest BCUT2D eigenvalue weighted by Gasteiger charge is 2.14. The first-order valence-electron chi connectivity index (χ1n) is 5.05. The molecule has 6 heteroatoms. The Hall–Kier alpha value is -1.59. The van der Waals surface area contributed by atoms with Gasteiger partial charge in [0.1, 0.15) is 5.60 Å². The van der Waals surface area contributed by atoms with Gasteiger partial charge in [0, 0.05) is 11.5 Å². The molecule has 0 atom stereocenters. The Labute approximate surface area is 94.8 Å². The number of alkyl carbamates (subject to hydrolysis) is 1. The largest absolute Gasteiger partial charge is 0.444 e. The fourth-order valence-electron chi connectivity index (χ4n) is 0.850. The van der Waals surface area contributed by atoms with Crippen molar-refractivity contribution in [3.63, 3.8) is 0 Å². The Morgan fingerprint density at radius 1 is 1.44 bits per heavy atom. The summed E-state index contributed by atoms with van der Waals surface area (Å²) in [5.74, 6) is 0. The van der Waals surface area contributed by atoms with Gasteiger partial charge in [0.2, 0.25) is 6.54 Å². The second-order valence-electron chi connectivity index (χ2n) is 4.20. The molecule has 0 saturated carbocycles. The summed E-state index contributed by atoms with van der Waals surface area (Å²) in [4.78, 5) is 20.7. The van der Waals surface area contributed by atoms with Gasteiger partial charge in [-0.05, 0) is 33.3 Å². The third-order valence-corrected chi connectivity index (χ3v) is 1.40. The second-order valence-corrected chi connectivity index (χ2v) is 4.20. The SMILES string of the molecule is CC(C)(C)OC(=O)NCC/C=C\C[N+](=O)[O-]. The highest BCUT2D eigenvalue weighted by atomic mass is 16.6. The summed E-state index contributed by atoms with van der Waals surface area (Å²) in [6.45, 7) is 5.56. The Balaban J connectivity index is 3.56. The number of nitrogens with zero attached hydrogens (tertiary/aromatic N) is 1. The van der Waals surface area contributed by atoms with E-state index in [0.29, 0.717) is 13.0 Å². The lowest BCUT2D eigenvalue weighted by molar-refractivity contribution is -0.468. The van der Waals surface area contributed by atoms with Crippen LogP contribution in [0.25, 0.3) is 0 Å². The molecule has 0 aliphatic heterocycles. The van der Waals surface area contributed by atoms with Crippen molar-refractivity contribution in [1.29, 1.82) is 0 Å². The highest BCUT2D eigenvalue weighted by Crippen LogP contribution is 2.06. The average Bonchev–Trinajstić information content (AvgIpc) is 2.07. The van der Waals surface area contributed by atoms with E-state index < -0.39 is 16.6 Å². The van der Waals surface area contributed by atoms with Gasteiger partial charge < -0.3 is 10.1 Å². The minimum atomic E-state index is -0.508. The first-order valence-corrected chi connectivity index (χ1v) is 5.05. The fourth-order valence-corrected chi connectivity index (χ4v) is 0.850. The van der Waals surface area contributed by atoms with Crippen LogP contribution in [0.1, 0.15) is 27.2 Å². The van der Waals surface area contributed by atoms with E-state index in [-0.39, 0.29) is 6.54 Å². The molecule has 1 N–H and O–H groups in total. The number of ether oxygens (including phenoxy) is 1. The Bertz CT molecular complexity index is 268. The minimum Gasteiger partial charge on any atom is -0.444 e. The van der Waals surface area contributed by atoms with Crippen molar-refractivity contribution in [3.8, 4) is 0 Å². The molecule has 0 spiro atoms. The monoisotopic (exact) mass is 230 g/mol. The summed E-state index contributed by atoms with van der Waals surface area (Å²) >= 11 is 0. The van der Waals surface area contributed by atoms with Crippen molar-refractivity contribution in [1.82, 2.24) is 5.32 Å². The average molecular weight is 230 g/mol. The zero-order valence-corrected chi connectivity index (χ0v) is 9.86. The third-order valence-electron chi connectivity index (χ3n) is 1.40. The molecular weight excluding hydrogens is 212 g/mol. The lowest BCUT2D eigenvalue weighted by Gasteiger charge is -2.19. The zero-order valence-electron chi connectivity index (χ0n) is 9.86. The van der Waals surface area contributed by atoms with Crippen molar-refractivity contribution in [3.05, 3.63) is 22.3 Å². The maximum atomic E-state index is 11.1. The maximum absolute atomic E-state index is 11.1. The van der Waals surface area contributed by atoms with Crippen molar-refractivity contribution in [2.45, 2.75) is 32.8 Å². The van der Waals surface area contributed by atoms with Gasteiger partial charge in [0.25, 0.3) is 0 Å². The molecule has 0 heterocycles. The van der Waals surface area contributed by atoms with Crippen molar-refractivity contribution in [2.75, 3.05) is 13.1 Å². The Morgan fingerprint density at radius 3 is 2.56 bits per heavy atom. The van der Waals surface area contributed by atoms with Gasteiger partial charge >= 0.3 is 6.09 Å². The molecule has 0 radical (unpaired) electrons. The molecule has 0 rings (SSSR count). The Morgan fingerprint density at radius 2 is 2.06 bits per heavy atom. The molecule has 0 fully saturated rings. The molecule has 0 aromatic heterocycles. The molecule has 92 valence electrons. The molecular formula is C10H18N2O4. The first-order chi connectivity index (χ1) is 7.31. The van der Waals surface area contributed by atoms with Crippen molar-refractivity contribution < 1.29 is 14.5 Å². The smallest absolute Gasteiger partial charge is 0.407 e. The normalized spacial score (nSPS) is 11.4. The number of hydrogen-bond acceptors (Lipinski definition) is 4. The standard InChI is InChI=1S/C10H18N2O4/c1-10(2,3)16-9(13)11-7-5-4-6-8-12(14)15/h4,6H,5,7-8H2,1-3H3,(H,11,13)/b6-4-. The molecule has 6 nitrogen and oxygen atoms in total. The lowest BCUT2D eigenvalue weighted by Crippen LogP contribution is -2.32. The van der Waals surface area contributed by atoms with Crippen LogP contribution < -0.4 is 5.32 Å². The van der Waals surface area contributed by atoms with Crippen LogP contribution in [0.5, 0.6) is 0 Å². The molecule has 0 saturated heterocycles. The predicted octanol–water partition coefficient (Wildman–Crippen LogP) is 1.73. The van der Waals surface area contributed by atoms with Crippen LogP contribution >= 0.6 is 0 Å². The Kier molecular flexibility index (Phi) is 6.14. The van der Waals surface area contributed by atoms with E-state index in [1.807, 2.05) is 0 Å². The summed E-state index contributed by atoms with van der Waals surface area (Å²) in [5.41, 5.74) is -0.508. The summed E-state index contributed by atoms with van der Waals surface area (Å²) in [6, 6.07) is 0. The highest BCUT2D eigenvalue weighted by molar-refractivity contribution is 5.67. The summed E-state index contributed by atoms with van der Waals surface area (Å²) in [5, 5.41) is 12.5. The summed E-state index contributed by atoms with van der Waals surface area (Å²) in [6.07, 6.45) is 3.18. The fraction of sp³-hybridized carbons (Fsp3) is 0.700. The molecule has 1 amide bonds. The number of amides is 1. The van der Waals surface area contributed by atoms with Crippen LogP contribution in [0, 0.1) is 10.1 Å². The van der Waals surface area contributed by atoms with Gasteiger partial charge in [0.15, 0.2) is 0 Å². The third kappa shape index (κ3) is 10.5. The molecule has 0 aromatic rings. The number of carbonyl (C=O) groups excluding carboxylic acids is 1. The topological polar surface area (TPSA) is 81.5 Å². The quantitative estimate of drug-likeness (QED) is 0.337. The number of hydrogen-bond donors (Lipinski definition) is 1. The molecule has 16 heavy (non-hydrogen) atoms. The van der Waals surface area contributed by atoms with E-state index in [1.165, 1.54) is 6.08 Å². The molecule has 0 aliphatic rings. The van der Waals surface area contributed by atoms with Crippen LogP contribution in [0.3, 0.4) is 0 Å². The molecule has 0 aromatic carbocycles. The molecule has 0 unspecified atom stereocenters. The van der Waals surface area contributed by atoms with Gasteiger partial charge in [-0.2, -0.15) is 0 Å². The second kappa shape index (κ2) is 6.81. The van der Waals surface area contributed by atoms with E-state index in [0.717, 1.165) is 0 Å². The van der Waals surface area contributed by atoms with Crippen LogP contribution in [0.2, 0.25) is 0 Å². The summed E-state index contributed by atoms with van der Waals surface area (Å²) in [7, 11) is 0. The van der Waals surface area contributed by atoms with Crippen LogP contribution in [-0.2, 0) is 4.74 Å². The minimum absolute atomic E-state index is 0.188. The first kappa shape index (κ1) is 14.4. The van der Waals surface area contributed by atoms with E-state index in [1.54, 1.807) is 26.8 Å². The van der Waals surface area contributed by atoms with E-state index in [4.69, 9.17) is 4.74 Å². The molecule has 0 aliphatic carbocycles. The van der Waals surface area contributed by atoms with Crippen LogP contribution in [-0.4, -0.2) is 29.7 Å².